The van der Waals surface area contributed by atoms with E-state index in [1.807, 2.05) is 0 Å². The summed E-state index contributed by atoms with van der Waals surface area (Å²) < 4.78 is 6.87. The Balaban J connectivity index is 2.82. The SMILES string of the molecule is CCC(CC)(OC)C(Cc1ccc(Br)s1)NN. The zero-order valence-electron chi connectivity index (χ0n) is 10.6. The Morgan fingerprint density at radius 2 is 2.12 bits per heavy atom. The van der Waals surface area contributed by atoms with E-state index in [4.69, 9.17) is 10.6 Å². The van der Waals surface area contributed by atoms with Crippen molar-refractivity contribution in [3.8, 4) is 0 Å². The third-order valence-electron chi connectivity index (χ3n) is 3.47. The highest BCUT2D eigenvalue weighted by molar-refractivity contribution is 9.11. The maximum Gasteiger partial charge on any atom is 0.0842 e. The van der Waals surface area contributed by atoms with Crippen LogP contribution in [0.2, 0.25) is 0 Å². The summed E-state index contributed by atoms with van der Waals surface area (Å²) in [4.78, 5) is 1.31. The number of nitrogens with one attached hydrogen (secondary N) is 1. The molecule has 5 heteroatoms. The smallest absolute Gasteiger partial charge is 0.0842 e. The van der Waals surface area contributed by atoms with Crippen LogP contribution in [-0.4, -0.2) is 18.8 Å². The first-order valence-corrected chi connectivity index (χ1v) is 7.48. The van der Waals surface area contributed by atoms with Gasteiger partial charge in [-0.25, -0.2) is 0 Å². The fourth-order valence-corrected chi connectivity index (χ4v) is 3.76. The molecule has 0 spiro atoms. The van der Waals surface area contributed by atoms with Gasteiger partial charge in [0, 0.05) is 18.4 Å². The molecule has 0 amide bonds. The molecule has 0 aliphatic heterocycles. The van der Waals surface area contributed by atoms with Gasteiger partial charge in [0.1, 0.15) is 0 Å². The number of rotatable bonds is 7. The second-order valence-electron chi connectivity index (χ2n) is 4.11. The lowest BCUT2D eigenvalue weighted by atomic mass is 9.86. The number of hydrazine groups is 1. The average molecular weight is 321 g/mol. The molecule has 0 fully saturated rings. The van der Waals surface area contributed by atoms with Crippen molar-refractivity contribution >= 4 is 27.3 Å². The van der Waals surface area contributed by atoms with Gasteiger partial charge in [0.05, 0.1) is 15.4 Å². The van der Waals surface area contributed by atoms with Crippen LogP contribution < -0.4 is 11.3 Å². The fraction of sp³-hybridized carbons (Fsp3) is 0.667. The molecule has 1 atom stereocenters. The summed E-state index contributed by atoms with van der Waals surface area (Å²) >= 11 is 5.23. The van der Waals surface area contributed by atoms with E-state index in [0.29, 0.717) is 0 Å². The summed E-state index contributed by atoms with van der Waals surface area (Å²) in [6.07, 6.45) is 2.78. The van der Waals surface area contributed by atoms with Crippen molar-refractivity contribution in [1.82, 2.24) is 5.43 Å². The zero-order valence-corrected chi connectivity index (χ0v) is 13.0. The summed E-state index contributed by atoms with van der Waals surface area (Å²) in [5.74, 6) is 5.70. The first kappa shape index (κ1) is 15.1. The Morgan fingerprint density at radius 3 is 2.47 bits per heavy atom. The van der Waals surface area contributed by atoms with Gasteiger partial charge in [-0.2, -0.15) is 0 Å². The largest absolute Gasteiger partial charge is 0.377 e. The average Bonchev–Trinajstić information content (AvgIpc) is 2.76. The second-order valence-corrected chi connectivity index (χ2v) is 6.65. The molecule has 1 rings (SSSR count). The van der Waals surface area contributed by atoms with E-state index in [1.165, 1.54) is 4.88 Å². The summed E-state index contributed by atoms with van der Waals surface area (Å²) in [5.41, 5.74) is 2.73. The molecular weight excluding hydrogens is 300 g/mol. The van der Waals surface area contributed by atoms with Crippen LogP contribution in [0.1, 0.15) is 31.6 Å². The lowest BCUT2D eigenvalue weighted by Gasteiger charge is -2.38. The van der Waals surface area contributed by atoms with Crippen molar-refractivity contribution in [2.24, 2.45) is 5.84 Å². The van der Waals surface area contributed by atoms with Crippen LogP contribution in [0, 0.1) is 0 Å². The minimum atomic E-state index is -0.189. The monoisotopic (exact) mass is 320 g/mol. The summed E-state index contributed by atoms with van der Waals surface area (Å²) in [7, 11) is 1.77. The van der Waals surface area contributed by atoms with E-state index in [0.717, 1.165) is 23.0 Å². The Kier molecular flexibility index (Phi) is 6.09. The van der Waals surface area contributed by atoms with Crippen molar-refractivity contribution in [2.45, 2.75) is 44.8 Å². The second kappa shape index (κ2) is 6.85. The molecule has 1 aromatic rings. The molecule has 0 bridgehead atoms. The van der Waals surface area contributed by atoms with Crippen LogP contribution in [-0.2, 0) is 11.2 Å². The van der Waals surface area contributed by atoms with Gasteiger partial charge < -0.3 is 4.74 Å². The van der Waals surface area contributed by atoms with Crippen LogP contribution in [0.25, 0.3) is 0 Å². The number of hydrogen-bond donors (Lipinski definition) is 2. The Bertz CT molecular complexity index is 331. The number of methoxy groups -OCH3 is 1. The van der Waals surface area contributed by atoms with E-state index in [9.17, 15) is 0 Å². The molecule has 17 heavy (non-hydrogen) atoms. The quantitative estimate of drug-likeness (QED) is 0.599. The van der Waals surface area contributed by atoms with Crippen molar-refractivity contribution in [2.75, 3.05) is 7.11 Å². The molecule has 3 N–H and O–H groups in total. The third kappa shape index (κ3) is 3.51. The minimum absolute atomic E-state index is 0.132. The number of halogens is 1. The standard InChI is InChI=1S/C12H21BrN2OS/c1-4-12(5-2,16-3)10(15-14)8-9-6-7-11(13)17-9/h6-7,10,15H,4-5,8,14H2,1-3H3. The number of ether oxygens (including phenoxy) is 1. The lowest BCUT2D eigenvalue weighted by Crippen LogP contribution is -2.55. The highest BCUT2D eigenvalue weighted by Crippen LogP contribution is 2.29. The molecule has 3 nitrogen and oxygen atoms in total. The lowest BCUT2D eigenvalue weighted by molar-refractivity contribution is -0.0471. The molecule has 0 aromatic carbocycles. The van der Waals surface area contributed by atoms with Crippen molar-refractivity contribution in [3.05, 3.63) is 20.8 Å². The normalized spacial score (nSPS) is 13.9. The molecule has 1 heterocycles. The molecule has 98 valence electrons. The molecule has 1 unspecified atom stereocenters. The molecule has 0 saturated heterocycles. The van der Waals surface area contributed by atoms with E-state index in [1.54, 1.807) is 18.4 Å². The van der Waals surface area contributed by atoms with Gasteiger partial charge in [-0.15, -0.1) is 11.3 Å². The minimum Gasteiger partial charge on any atom is -0.377 e. The third-order valence-corrected chi connectivity index (χ3v) is 5.12. The maximum atomic E-state index is 5.72. The molecule has 1 aromatic heterocycles. The van der Waals surface area contributed by atoms with Gasteiger partial charge in [-0.3, -0.25) is 11.3 Å². The molecule has 0 radical (unpaired) electrons. The molecular formula is C12H21BrN2OS. The molecule has 0 aliphatic rings. The van der Waals surface area contributed by atoms with Gasteiger partial charge in [0.25, 0.3) is 0 Å². The van der Waals surface area contributed by atoms with Crippen LogP contribution in [0.3, 0.4) is 0 Å². The topological polar surface area (TPSA) is 47.3 Å². The van der Waals surface area contributed by atoms with Gasteiger partial charge in [0.15, 0.2) is 0 Å². The Labute approximate surface area is 116 Å². The van der Waals surface area contributed by atoms with Crippen molar-refractivity contribution in [1.29, 1.82) is 0 Å². The van der Waals surface area contributed by atoms with Gasteiger partial charge in [-0.1, -0.05) is 13.8 Å². The number of nitrogens with two attached hydrogens (primary N) is 1. The van der Waals surface area contributed by atoms with Crippen molar-refractivity contribution in [3.63, 3.8) is 0 Å². The Hall–Kier alpha value is 0.0600. The zero-order chi connectivity index (χ0) is 12.9. The fourth-order valence-electron chi connectivity index (χ4n) is 2.23. The van der Waals surface area contributed by atoms with E-state index >= 15 is 0 Å². The molecule has 0 aliphatic carbocycles. The summed E-state index contributed by atoms with van der Waals surface area (Å²) in [6.45, 7) is 4.28. The van der Waals surface area contributed by atoms with Gasteiger partial charge >= 0.3 is 0 Å². The predicted molar refractivity (Wildman–Crippen MR) is 77.2 cm³/mol. The highest BCUT2D eigenvalue weighted by atomic mass is 79.9. The van der Waals surface area contributed by atoms with E-state index < -0.39 is 0 Å². The first-order valence-electron chi connectivity index (χ1n) is 5.87. The Morgan fingerprint density at radius 1 is 1.47 bits per heavy atom. The van der Waals surface area contributed by atoms with E-state index in [-0.39, 0.29) is 11.6 Å². The summed E-state index contributed by atoms with van der Waals surface area (Å²) in [6, 6.07) is 4.33. The van der Waals surface area contributed by atoms with Crippen LogP contribution in [0.15, 0.2) is 15.9 Å². The van der Waals surface area contributed by atoms with Crippen LogP contribution in [0.5, 0.6) is 0 Å². The van der Waals surface area contributed by atoms with Crippen LogP contribution >= 0.6 is 27.3 Å². The predicted octanol–water partition coefficient (Wildman–Crippen LogP) is 3.09. The van der Waals surface area contributed by atoms with Crippen molar-refractivity contribution < 1.29 is 4.74 Å². The first-order chi connectivity index (χ1) is 8.11. The maximum absolute atomic E-state index is 5.72. The summed E-state index contributed by atoms with van der Waals surface area (Å²) in [5, 5.41) is 0. The highest BCUT2D eigenvalue weighted by Gasteiger charge is 2.35. The van der Waals surface area contributed by atoms with Crippen LogP contribution in [0.4, 0.5) is 0 Å². The number of hydrogen-bond acceptors (Lipinski definition) is 4. The molecule has 0 saturated carbocycles. The van der Waals surface area contributed by atoms with E-state index in [2.05, 4.69) is 47.3 Å². The van der Waals surface area contributed by atoms with Gasteiger partial charge in [0.2, 0.25) is 0 Å². The number of thiophene rings is 1. The van der Waals surface area contributed by atoms with Gasteiger partial charge in [-0.05, 0) is 40.9 Å².